The summed E-state index contributed by atoms with van der Waals surface area (Å²) in [4.78, 5) is 2.10. The second-order valence-corrected chi connectivity index (χ2v) is 6.17. The van der Waals surface area contributed by atoms with Crippen molar-refractivity contribution in [3.8, 4) is 5.75 Å². The van der Waals surface area contributed by atoms with Crippen molar-refractivity contribution in [3.05, 3.63) is 65.2 Å². The van der Waals surface area contributed by atoms with Crippen molar-refractivity contribution in [1.29, 1.82) is 0 Å². The highest BCUT2D eigenvalue weighted by atomic mass is 19.1. The molecule has 2 unspecified atom stereocenters. The minimum atomic E-state index is -0.970. The first-order valence-electron chi connectivity index (χ1n) is 8.06. The minimum absolute atomic E-state index is 0.136. The predicted molar refractivity (Wildman–Crippen MR) is 88.1 cm³/mol. The molecule has 1 fully saturated rings. The number of aliphatic hydroxyl groups is 1. The fourth-order valence-corrected chi connectivity index (χ4v) is 3.37. The number of methoxy groups -OCH3 is 1. The number of halogens is 2. The summed E-state index contributed by atoms with van der Waals surface area (Å²) < 4.78 is 32.2. The van der Waals surface area contributed by atoms with Gasteiger partial charge in [0.2, 0.25) is 0 Å². The zero-order chi connectivity index (χ0) is 17.1. The van der Waals surface area contributed by atoms with Crippen LogP contribution in [0.4, 0.5) is 8.78 Å². The van der Waals surface area contributed by atoms with Crippen LogP contribution in [0.15, 0.2) is 42.5 Å². The number of hydrogen-bond donors (Lipinski definition) is 1. The van der Waals surface area contributed by atoms with Gasteiger partial charge in [0.15, 0.2) is 0 Å². The molecule has 2 aromatic rings. The van der Waals surface area contributed by atoms with Gasteiger partial charge in [-0.1, -0.05) is 24.3 Å². The number of benzene rings is 2. The van der Waals surface area contributed by atoms with Gasteiger partial charge in [0.05, 0.1) is 13.2 Å². The van der Waals surface area contributed by atoms with Gasteiger partial charge in [-0.05, 0) is 30.7 Å². The van der Waals surface area contributed by atoms with Gasteiger partial charge in [-0.2, -0.15) is 0 Å². The Bertz CT molecular complexity index is 708. The van der Waals surface area contributed by atoms with Gasteiger partial charge in [0.1, 0.15) is 17.4 Å². The van der Waals surface area contributed by atoms with E-state index < -0.39 is 17.7 Å². The molecule has 3 rings (SSSR count). The average Bonchev–Trinajstić information content (AvgIpc) is 3.03. The molecule has 5 heteroatoms. The third-order valence-electron chi connectivity index (χ3n) is 4.60. The largest absolute Gasteiger partial charge is 0.496 e. The highest BCUT2D eigenvalue weighted by Gasteiger charge is 2.28. The van der Waals surface area contributed by atoms with Crippen LogP contribution < -0.4 is 4.74 Å². The lowest BCUT2D eigenvalue weighted by molar-refractivity contribution is 0.122. The summed E-state index contributed by atoms with van der Waals surface area (Å²) >= 11 is 0. The molecule has 0 spiro atoms. The van der Waals surface area contributed by atoms with Crippen molar-refractivity contribution in [2.24, 2.45) is 0 Å². The fraction of sp³-hybridized carbons (Fsp3) is 0.368. The molecule has 3 nitrogen and oxygen atoms in total. The number of rotatable bonds is 5. The van der Waals surface area contributed by atoms with Gasteiger partial charge in [-0.15, -0.1) is 0 Å². The first-order valence-corrected chi connectivity index (χ1v) is 8.06. The number of hydrogen-bond acceptors (Lipinski definition) is 3. The second kappa shape index (κ2) is 7.28. The van der Waals surface area contributed by atoms with E-state index in [0.29, 0.717) is 12.5 Å². The van der Waals surface area contributed by atoms with E-state index in [9.17, 15) is 13.9 Å². The van der Waals surface area contributed by atoms with Crippen LogP contribution in [0.2, 0.25) is 0 Å². The molecule has 0 aliphatic carbocycles. The van der Waals surface area contributed by atoms with E-state index in [0.717, 1.165) is 36.9 Å². The summed E-state index contributed by atoms with van der Waals surface area (Å²) in [5.41, 5.74) is 1.29. The van der Waals surface area contributed by atoms with Crippen molar-refractivity contribution in [1.82, 2.24) is 4.90 Å². The summed E-state index contributed by atoms with van der Waals surface area (Å²) in [6.07, 6.45) is -0.0130. The van der Waals surface area contributed by atoms with E-state index in [1.54, 1.807) is 7.11 Å². The quantitative estimate of drug-likeness (QED) is 0.909. The Labute approximate surface area is 140 Å². The molecular weight excluding hydrogens is 312 g/mol. The van der Waals surface area contributed by atoms with Crippen LogP contribution in [0.1, 0.15) is 29.6 Å². The summed E-state index contributed by atoms with van der Waals surface area (Å²) in [5, 5.41) is 10.3. The maximum absolute atomic E-state index is 13.8. The maximum Gasteiger partial charge on any atom is 0.131 e. The summed E-state index contributed by atoms with van der Waals surface area (Å²) in [6, 6.07) is 11.2. The van der Waals surface area contributed by atoms with Crippen molar-refractivity contribution >= 4 is 0 Å². The topological polar surface area (TPSA) is 32.7 Å². The van der Waals surface area contributed by atoms with Crippen LogP contribution in [0.3, 0.4) is 0 Å². The Balaban J connectivity index is 1.65. The van der Waals surface area contributed by atoms with Crippen LogP contribution in [-0.2, 0) is 0 Å². The predicted octanol–water partition coefficient (Wildman–Crippen LogP) is 3.50. The van der Waals surface area contributed by atoms with Gasteiger partial charge in [0.25, 0.3) is 0 Å². The van der Waals surface area contributed by atoms with Crippen LogP contribution in [-0.4, -0.2) is 36.8 Å². The Hall–Kier alpha value is -1.98. The Morgan fingerprint density at radius 1 is 1.25 bits per heavy atom. The number of β-amino-alcohol motifs (C(OH)–C–C–N with tert-alkyl or cyclic N) is 1. The SMILES string of the molecule is COc1ccccc1C1CCN(CC(O)c2ccc(F)cc2F)C1. The van der Waals surface area contributed by atoms with Crippen molar-refractivity contribution in [2.75, 3.05) is 26.7 Å². The van der Waals surface area contributed by atoms with E-state index in [1.165, 1.54) is 12.1 Å². The van der Waals surface area contributed by atoms with Gasteiger partial charge in [0, 0.05) is 30.6 Å². The minimum Gasteiger partial charge on any atom is -0.496 e. The molecule has 2 atom stereocenters. The van der Waals surface area contributed by atoms with E-state index in [4.69, 9.17) is 4.74 Å². The monoisotopic (exact) mass is 333 g/mol. The molecule has 1 aliphatic heterocycles. The first kappa shape index (κ1) is 16.9. The van der Waals surface area contributed by atoms with Gasteiger partial charge >= 0.3 is 0 Å². The lowest BCUT2D eigenvalue weighted by atomic mass is 9.97. The molecule has 0 amide bonds. The maximum atomic E-state index is 13.8. The lowest BCUT2D eigenvalue weighted by Gasteiger charge is -2.21. The van der Waals surface area contributed by atoms with Crippen LogP contribution in [0.25, 0.3) is 0 Å². The van der Waals surface area contributed by atoms with E-state index in [1.807, 2.05) is 18.2 Å². The molecule has 0 aromatic heterocycles. The Kier molecular flexibility index (Phi) is 5.11. The molecule has 1 aliphatic rings. The van der Waals surface area contributed by atoms with Crippen LogP contribution in [0, 0.1) is 11.6 Å². The number of para-hydroxylation sites is 1. The summed E-state index contributed by atoms with van der Waals surface area (Å²) in [5.74, 6) is -0.148. The van der Waals surface area contributed by atoms with Gasteiger partial charge < -0.3 is 9.84 Å². The third kappa shape index (κ3) is 3.57. The van der Waals surface area contributed by atoms with E-state index in [-0.39, 0.29) is 5.56 Å². The van der Waals surface area contributed by atoms with E-state index >= 15 is 0 Å². The number of ether oxygens (including phenoxy) is 1. The van der Waals surface area contributed by atoms with Crippen molar-refractivity contribution in [3.63, 3.8) is 0 Å². The third-order valence-corrected chi connectivity index (χ3v) is 4.60. The van der Waals surface area contributed by atoms with Crippen LogP contribution in [0.5, 0.6) is 5.75 Å². The average molecular weight is 333 g/mol. The van der Waals surface area contributed by atoms with Crippen molar-refractivity contribution < 1.29 is 18.6 Å². The number of likely N-dealkylation sites (tertiary alicyclic amines) is 1. The highest BCUT2D eigenvalue weighted by molar-refractivity contribution is 5.37. The smallest absolute Gasteiger partial charge is 0.131 e. The highest BCUT2D eigenvalue weighted by Crippen LogP contribution is 2.34. The first-order chi connectivity index (χ1) is 11.6. The Morgan fingerprint density at radius 3 is 2.79 bits per heavy atom. The number of nitrogens with zero attached hydrogens (tertiary/aromatic N) is 1. The molecule has 0 radical (unpaired) electrons. The zero-order valence-corrected chi connectivity index (χ0v) is 13.6. The normalized spacial score (nSPS) is 19.4. The second-order valence-electron chi connectivity index (χ2n) is 6.17. The molecular formula is C19H21F2NO2. The Morgan fingerprint density at radius 2 is 2.04 bits per heavy atom. The standard InChI is InChI=1S/C19H21F2NO2/c1-24-19-5-3-2-4-15(19)13-8-9-22(11-13)12-18(23)16-7-6-14(20)10-17(16)21/h2-7,10,13,18,23H,8-9,11-12H2,1H3. The molecule has 1 heterocycles. The van der Waals surface area contributed by atoms with Gasteiger partial charge in [-0.3, -0.25) is 4.90 Å². The molecule has 1 N–H and O–H groups in total. The molecule has 128 valence electrons. The number of aliphatic hydroxyl groups excluding tert-OH is 1. The molecule has 1 saturated heterocycles. The molecule has 0 saturated carbocycles. The molecule has 0 bridgehead atoms. The summed E-state index contributed by atoms with van der Waals surface area (Å²) in [6.45, 7) is 1.93. The molecule has 24 heavy (non-hydrogen) atoms. The lowest BCUT2D eigenvalue weighted by Crippen LogP contribution is -2.26. The fourth-order valence-electron chi connectivity index (χ4n) is 3.37. The van der Waals surface area contributed by atoms with Gasteiger partial charge in [-0.25, -0.2) is 8.78 Å². The zero-order valence-electron chi connectivity index (χ0n) is 13.6. The summed E-state index contributed by atoms with van der Waals surface area (Å²) in [7, 11) is 1.66. The van der Waals surface area contributed by atoms with Crippen LogP contribution >= 0.6 is 0 Å². The van der Waals surface area contributed by atoms with Crippen molar-refractivity contribution in [2.45, 2.75) is 18.4 Å². The van der Waals surface area contributed by atoms with E-state index in [2.05, 4.69) is 11.0 Å². The molecule has 2 aromatic carbocycles.